The summed E-state index contributed by atoms with van der Waals surface area (Å²) in [4.78, 5) is 56.4. The standard InChI is InChI=1S/C29H39N5O4S.ClH/c1-5-29(4,30)28(38)32-21(14-18(2)3)26(36)31-22-15-20-8-6-9-23(33-12-7-10-24(33)35)25(20)34(27(22)37)16-19-11-13-39-17-19;/h6,8-9,11,13,17-18,21-22H,5,7,10,12,14-16,30H2,1-4H3,(H,31,36)(H,32,38);1H/t21-,22?,29-;/m1./s1. The summed E-state index contributed by atoms with van der Waals surface area (Å²) in [5.74, 6) is -0.872. The highest BCUT2D eigenvalue weighted by molar-refractivity contribution is 7.07. The summed E-state index contributed by atoms with van der Waals surface area (Å²) in [6, 6.07) is 6.07. The molecular weight excluding hydrogens is 550 g/mol. The zero-order valence-electron chi connectivity index (χ0n) is 23.6. The monoisotopic (exact) mass is 589 g/mol. The SMILES string of the molecule is CC[C@@](C)(N)C(=O)N[C@H](CC(C)C)C(=O)NC1Cc2cccc(N3CCCC3=O)c2N(Cc2ccsc2)C1=O.Cl. The number of nitrogens with zero attached hydrogens (tertiary/aromatic N) is 2. The van der Waals surface area contributed by atoms with Crippen LogP contribution in [0.15, 0.2) is 35.0 Å². The molecule has 40 heavy (non-hydrogen) atoms. The summed E-state index contributed by atoms with van der Waals surface area (Å²) in [5.41, 5.74) is 8.34. The fraction of sp³-hybridized carbons (Fsp3) is 0.517. The Bertz CT molecular complexity index is 1230. The Morgan fingerprint density at radius 2 is 1.98 bits per heavy atom. The van der Waals surface area contributed by atoms with Gasteiger partial charge in [0.25, 0.3) is 0 Å². The summed E-state index contributed by atoms with van der Waals surface area (Å²) >= 11 is 1.55. The maximum absolute atomic E-state index is 14.0. The zero-order chi connectivity index (χ0) is 28.3. The second-order valence-electron chi connectivity index (χ2n) is 11.2. The first-order valence-corrected chi connectivity index (χ1v) is 14.6. The summed E-state index contributed by atoms with van der Waals surface area (Å²) in [7, 11) is 0. The lowest BCUT2D eigenvalue weighted by molar-refractivity contribution is -0.133. The molecule has 1 aromatic carbocycles. The van der Waals surface area contributed by atoms with E-state index < -0.39 is 29.4 Å². The fourth-order valence-electron chi connectivity index (χ4n) is 5.07. The number of nitrogens with two attached hydrogens (primary N) is 1. The minimum absolute atomic E-state index is 0. The van der Waals surface area contributed by atoms with Crippen molar-refractivity contribution < 1.29 is 19.2 Å². The molecule has 0 spiro atoms. The molecular formula is C29H40ClN5O4S. The van der Waals surface area contributed by atoms with Gasteiger partial charge < -0.3 is 26.2 Å². The molecule has 3 heterocycles. The first-order chi connectivity index (χ1) is 18.5. The van der Waals surface area contributed by atoms with Crippen LogP contribution in [0.5, 0.6) is 0 Å². The third kappa shape index (κ3) is 6.85. The van der Waals surface area contributed by atoms with E-state index in [9.17, 15) is 19.2 Å². The number of thiophene rings is 1. The van der Waals surface area contributed by atoms with Crippen molar-refractivity contribution in [2.45, 2.75) is 84.0 Å². The smallest absolute Gasteiger partial charge is 0.250 e. The molecule has 0 aliphatic carbocycles. The Labute approximate surface area is 246 Å². The van der Waals surface area contributed by atoms with Crippen molar-refractivity contribution in [3.05, 3.63) is 46.2 Å². The van der Waals surface area contributed by atoms with E-state index in [1.54, 1.807) is 28.1 Å². The van der Waals surface area contributed by atoms with Crippen molar-refractivity contribution in [3.8, 4) is 0 Å². The molecule has 2 aliphatic rings. The van der Waals surface area contributed by atoms with Crippen LogP contribution < -0.4 is 26.2 Å². The number of hydrogen-bond acceptors (Lipinski definition) is 6. The molecule has 2 aliphatic heterocycles. The lowest BCUT2D eigenvalue weighted by Crippen LogP contribution is -2.60. The fourth-order valence-corrected chi connectivity index (χ4v) is 5.73. The lowest BCUT2D eigenvalue weighted by Gasteiger charge is -2.38. The maximum Gasteiger partial charge on any atom is 0.250 e. The van der Waals surface area contributed by atoms with Crippen molar-refractivity contribution in [2.24, 2.45) is 11.7 Å². The molecule has 1 fully saturated rings. The number of hydrogen-bond donors (Lipinski definition) is 3. The second-order valence-corrected chi connectivity index (χ2v) is 12.0. The van der Waals surface area contributed by atoms with Crippen LogP contribution in [0.1, 0.15) is 64.5 Å². The minimum Gasteiger partial charge on any atom is -0.343 e. The highest BCUT2D eigenvalue weighted by Gasteiger charge is 2.39. The van der Waals surface area contributed by atoms with Gasteiger partial charge in [0.2, 0.25) is 23.6 Å². The van der Waals surface area contributed by atoms with E-state index in [2.05, 4.69) is 10.6 Å². The number of anilines is 2. The van der Waals surface area contributed by atoms with Gasteiger partial charge >= 0.3 is 0 Å². The summed E-state index contributed by atoms with van der Waals surface area (Å²) in [6.07, 6.45) is 2.40. The predicted octanol–water partition coefficient (Wildman–Crippen LogP) is 3.53. The Morgan fingerprint density at radius 3 is 2.58 bits per heavy atom. The molecule has 1 unspecified atom stereocenters. The van der Waals surface area contributed by atoms with Crippen LogP contribution in [0.25, 0.3) is 0 Å². The van der Waals surface area contributed by atoms with Gasteiger partial charge in [-0.25, -0.2) is 0 Å². The van der Waals surface area contributed by atoms with E-state index in [4.69, 9.17) is 5.73 Å². The average molecular weight is 590 g/mol. The van der Waals surface area contributed by atoms with Crippen molar-refractivity contribution in [3.63, 3.8) is 0 Å². The predicted molar refractivity (Wildman–Crippen MR) is 161 cm³/mol. The van der Waals surface area contributed by atoms with Crippen molar-refractivity contribution in [1.82, 2.24) is 10.6 Å². The number of para-hydroxylation sites is 1. The first kappa shape index (κ1) is 31.6. The molecule has 0 radical (unpaired) electrons. The molecule has 2 aromatic rings. The molecule has 4 rings (SSSR count). The van der Waals surface area contributed by atoms with Gasteiger partial charge in [-0.05, 0) is 66.1 Å². The molecule has 4 amide bonds. The van der Waals surface area contributed by atoms with E-state index in [1.165, 1.54) is 0 Å². The second kappa shape index (κ2) is 13.1. The van der Waals surface area contributed by atoms with Crippen molar-refractivity contribution >= 4 is 58.7 Å². The number of benzene rings is 1. The quantitative estimate of drug-likeness (QED) is 0.391. The van der Waals surface area contributed by atoms with Gasteiger partial charge in [-0.1, -0.05) is 32.9 Å². The number of halogens is 1. The number of amides is 4. The molecule has 11 heteroatoms. The van der Waals surface area contributed by atoms with Gasteiger partial charge in [-0.15, -0.1) is 12.4 Å². The summed E-state index contributed by atoms with van der Waals surface area (Å²) < 4.78 is 0. The van der Waals surface area contributed by atoms with Crippen LogP contribution in [0.2, 0.25) is 0 Å². The topological polar surface area (TPSA) is 125 Å². The number of nitrogens with one attached hydrogen (secondary N) is 2. The number of carbonyl (C=O) groups excluding carboxylic acids is 4. The number of fused-ring (bicyclic) bond motifs is 1. The van der Waals surface area contributed by atoms with Gasteiger partial charge in [0.1, 0.15) is 12.1 Å². The van der Waals surface area contributed by atoms with Crippen LogP contribution in [0.3, 0.4) is 0 Å². The number of rotatable bonds is 10. The molecule has 0 saturated carbocycles. The van der Waals surface area contributed by atoms with E-state index in [-0.39, 0.29) is 30.1 Å². The summed E-state index contributed by atoms with van der Waals surface area (Å²) in [6.45, 7) is 8.35. The van der Waals surface area contributed by atoms with Gasteiger partial charge in [-0.3, -0.25) is 19.2 Å². The van der Waals surface area contributed by atoms with Gasteiger partial charge in [0, 0.05) is 19.4 Å². The van der Waals surface area contributed by atoms with Crippen LogP contribution in [-0.2, 0) is 32.1 Å². The van der Waals surface area contributed by atoms with Crippen LogP contribution in [-0.4, -0.2) is 47.8 Å². The van der Waals surface area contributed by atoms with Gasteiger partial charge in [0.05, 0.1) is 23.5 Å². The van der Waals surface area contributed by atoms with Gasteiger partial charge in [-0.2, -0.15) is 11.3 Å². The number of carbonyl (C=O) groups is 4. The van der Waals surface area contributed by atoms with E-state index in [1.807, 2.05) is 55.8 Å². The van der Waals surface area contributed by atoms with Crippen LogP contribution in [0, 0.1) is 5.92 Å². The zero-order valence-corrected chi connectivity index (χ0v) is 25.2. The van der Waals surface area contributed by atoms with Crippen LogP contribution >= 0.6 is 23.7 Å². The third-order valence-electron chi connectivity index (χ3n) is 7.54. The molecule has 4 N–H and O–H groups in total. The third-order valence-corrected chi connectivity index (χ3v) is 8.27. The Balaban J connectivity index is 0.00000441. The van der Waals surface area contributed by atoms with E-state index >= 15 is 0 Å². The minimum atomic E-state index is -1.10. The molecule has 1 aromatic heterocycles. The molecule has 1 saturated heterocycles. The molecule has 218 valence electrons. The van der Waals surface area contributed by atoms with E-state index in [0.29, 0.717) is 38.8 Å². The lowest BCUT2D eigenvalue weighted by atomic mass is 9.94. The molecule has 0 bridgehead atoms. The Morgan fingerprint density at radius 1 is 1.23 bits per heavy atom. The highest BCUT2D eigenvalue weighted by atomic mass is 35.5. The largest absolute Gasteiger partial charge is 0.343 e. The van der Waals surface area contributed by atoms with Crippen molar-refractivity contribution in [1.29, 1.82) is 0 Å². The molecule has 3 atom stereocenters. The van der Waals surface area contributed by atoms with Crippen LogP contribution in [0.4, 0.5) is 11.4 Å². The maximum atomic E-state index is 14.0. The van der Waals surface area contributed by atoms with Gasteiger partial charge in [0.15, 0.2) is 0 Å². The molecule has 9 nitrogen and oxygen atoms in total. The van der Waals surface area contributed by atoms with E-state index in [0.717, 1.165) is 28.9 Å². The highest BCUT2D eigenvalue weighted by Crippen LogP contribution is 2.40. The Kier molecular flexibility index (Phi) is 10.4. The summed E-state index contributed by atoms with van der Waals surface area (Å²) in [5, 5.41) is 9.70. The first-order valence-electron chi connectivity index (χ1n) is 13.7. The Hall–Kier alpha value is -2.95. The van der Waals surface area contributed by atoms with Crippen molar-refractivity contribution in [2.75, 3.05) is 16.3 Å². The normalized spacial score (nSPS) is 19.1. The average Bonchev–Trinajstić information content (AvgIpc) is 3.56.